The molecule has 0 radical (unpaired) electrons. The fraction of sp³-hybridized carbons (Fsp3) is 0.0833. The summed E-state index contributed by atoms with van der Waals surface area (Å²) in [7, 11) is 1.54. The number of halogens is 1. The number of nitriles is 1. The molecule has 1 N–H and O–H groups in total. The summed E-state index contributed by atoms with van der Waals surface area (Å²) in [6, 6.07) is 4.35. The van der Waals surface area contributed by atoms with Crippen LogP contribution >= 0.6 is 0 Å². The van der Waals surface area contributed by atoms with Crippen molar-refractivity contribution in [2.75, 3.05) is 5.32 Å². The Morgan fingerprint density at radius 2 is 2.29 bits per heavy atom. The molecule has 0 aliphatic rings. The van der Waals surface area contributed by atoms with Gasteiger partial charge in [-0.1, -0.05) is 0 Å². The summed E-state index contributed by atoms with van der Waals surface area (Å²) in [6.07, 6.45) is 1.37. The van der Waals surface area contributed by atoms with Crippen molar-refractivity contribution < 1.29 is 14.1 Å². The van der Waals surface area contributed by atoms with E-state index in [0.29, 0.717) is 0 Å². The van der Waals surface area contributed by atoms with Gasteiger partial charge in [0.05, 0.1) is 4.92 Å². The van der Waals surface area contributed by atoms with E-state index in [4.69, 9.17) is 5.26 Å². The van der Waals surface area contributed by atoms with Gasteiger partial charge in [0.15, 0.2) is 5.82 Å². The average Bonchev–Trinajstić information content (AvgIpc) is 2.78. The second kappa shape index (κ2) is 5.38. The molecule has 1 amide bonds. The van der Waals surface area contributed by atoms with Gasteiger partial charge >= 0.3 is 0 Å². The molecule has 1 aromatic carbocycles. The number of carbonyl (C=O) groups excluding carboxylic acids is 1. The predicted molar refractivity (Wildman–Crippen MR) is 68.9 cm³/mol. The largest absolute Gasteiger partial charge is 0.304 e. The van der Waals surface area contributed by atoms with Crippen molar-refractivity contribution in [1.29, 1.82) is 5.26 Å². The number of hydrogen-bond donors (Lipinski definition) is 1. The molecule has 0 spiro atoms. The number of nitrogens with one attached hydrogen (secondary N) is 1. The standard InChI is InChI=1S/C12H8FN5O3/c1-17-6-7(5-14)11(16-17)15-12(19)9-4-8(13)2-3-10(9)18(20)21/h2-4,6H,1H3,(H,15,16,19). The van der Waals surface area contributed by atoms with Gasteiger partial charge in [0, 0.05) is 19.3 Å². The highest BCUT2D eigenvalue weighted by Gasteiger charge is 2.22. The van der Waals surface area contributed by atoms with Crippen LogP contribution in [-0.4, -0.2) is 20.6 Å². The number of carbonyl (C=O) groups is 1. The van der Waals surface area contributed by atoms with Crippen LogP contribution in [0.1, 0.15) is 15.9 Å². The topological polar surface area (TPSA) is 114 Å². The zero-order valence-electron chi connectivity index (χ0n) is 10.7. The fourth-order valence-corrected chi connectivity index (χ4v) is 1.69. The van der Waals surface area contributed by atoms with Gasteiger partial charge < -0.3 is 5.32 Å². The molecule has 0 unspecified atom stereocenters. The lowest BCUT2D eigenvalue weighted by Gasteiger charge is -2.04. The minimum absolute atomic E-state index is 0.0523. The quantitative estimate of drug-likeness (QED) is 0.680. The first-order chi connectivity index (χ1) is 9.92. The van der Waals surface area contributed by atoms with Gasteiger partial charge in [-0.2, -0.15) is 10.4 Å². The molecule has 1 heterocycles. The Balaban J connectivity index is 2.39. The molecule has 0 saturated heterocycles. The molecule has 106 valence electrons. The van der Waals surface area contributed by atoms with Crippen molar-refractivity contribution >= 4 is 17.4 Å². The van der Waals surface area contributed by atoms with Crippen LogP contribution in [0.3, 0.4) is 0 Å². The molecule has 2 aromatic rings. The molecule has 0 atom stereocenters. The van der Waals surface area contributed by atoms with E-state index in [1.54, 1.807) is 7.05 Å². The van der Waals surface area contributed by atoms with Crippen molar-refractivity contribution in [3.63, 3.8) is 0 Å². The first kappa shape index (κ1) is 14.1. The number of nitro benzene ring substituents is 1. The number of aryl methyl sites for hydroxylation is 1. The van der Waals surface area contributed by atoms with E-state index in [1.165, 1.54) is 10.9 Å². The number of nitrogens with zero attached hydrogens (tertiary/aromatic N) is 4. The summed E-state index contributed by atoms with van der Waals surface area (Å²) in [6.45, 7) is 0. The monoisotopic (exact) mass is 289 g/mol. The van der Waals surface area contributed by atoms with E-state index >= 15 is 0 Å². The number of hydrogen-bond acceptors (Lipinski definition) is 5. The summed E-state index contributed by atoms with van der Waals surface area (Å²) in [5, 5.41) is 25.8. The fourth-order valence-electron chi connectivity index (χ4n) is 1.69. The number of aromatic nitrogens is 2. The molecule has 9 heteroatoms. The Bertz CT molecular complexity index is 778. The van der Waals surface area contributed by atoms with Crippen LogP contribution in [0.15, 0.2) is 24.4 Å². The zero-order valence-corrected chi connectivity index (χ0v) is 10.7. The number of benzene rings is 1. The molecular formula is C12H8FN5O3. The second-order valence-electron chi connectivity index (χ2n) is 4.05. The van der Waals surface area contributed by atoms with Crippen molar-refractivity contribution in [2.45, 2.75) is 0 Å². The van der Waals surface area contributed by atoms with E-state index in [2.05, 4.69) is 10.4 Å². The lowest BCUT2D eigenvalue weighted by atomic mass is 10.1. The van der Waals surface area contributed by atoms with E-state index in [-0.39, 0.29) is 11.4 Å². The first-order valence-corrected chi connectivity index (χ1v) is 5.61. The van der Waals surface area contributed by atoms with Crippen molar-refractivity contribution in [2.24, 2.45) is 7.05 Å². The second-order valence-corrected chi connectivity index (χ2v) is 4.05. The van der Waals surface area contributed by atoms with E-state index in [1.807, 2.05) is 6.07 Å². The Morgan fingerprint density at radius 3 is 2.90 bits per heavy atom. The molecule has 2 rings (SSSR count). The summed E-state index contributed by atoms with van der Waals surface area (Å²) in [5.74, 6) is -1.76. The summed E-state index contributed by atoms with van der Waals surface area (Å²) < 4.78 is 14.5. The van der Waals surface area contributed by atoms with E-state index < -0.39 is 27.9 Å². The molecule has 21 heavy (non-hydrogen) atoms. The summed E-state index contributed by atoms with van der Waals surface area (Å²) in [5.41, 5.74) is -0.900. The van der Waals surface area contributed by atoms with E-state index in [9.17, 15) is 19.3 Å². The highest BCUT2D eigenvalue weighted by molar-refractivity contribution is 6.07. The number of amides is 1. The molecule has 0 fully saturated rings. The van der Waals surface area contributed by atoms with Gasteiger partial charge in [-0.3, -0.25) is 19.6 Å². The van der Waals surface area contributed by atoms with Crippen molar-refractivity contribution in [3.05, 3.63) is 51.5 Å². The third-order valence-electron chi connectivity index (χ3n) is 2.58. The van der Waals surface area contributed by atoms with Gasteiger partial charge in [-0.05, 0) is 12.1 Å². The average molecular weight is 289 g/mol. The molecular weight excluding hydrogens is 281 g/mol. The SMILES string of the molecule is Cn1cc(C#N)c(NC(=O)c2cc(F)ccc2[N+](=O)[O-])n1. The van der Waals surface area contributed by atoms with Gasteiger partial charge in [0.1, 0.15) is 23.0 Å². The van der Waals surface area contributed by atoms with Crippen LogP contribution in [0.2, 0.25) is 0 Å². The van der Waals surface area contributed by atoms with Crippen LogP contribution in [0.5, 0.6) is 0 Å². The van der Waals surface area contributed by atoms with E-state index in [0.717, 1.165) is 18.2 Å². The van der Waals surface area contributed by atoms with Crippen LogP contribution < -0.4 is 5.32 Å². The third kappa shape index (κ3) is 2.84. The lowest BCUT2D eigenvalue weighted by Crippen LogP contribution is -2.15. The maximum absolute atomic E-state index is 13.2. The van der Waals surface area contributed by atoms with Crippen molar-refractivity contribution in [1.82, 2.24) is 9.78 Å². The van der Waals surface area contributed by atoms with Gasteiger partial charge in [-0.25, -0.2) is 4.39 Å². The maximum Gasteiger partial charge on any atom is 0.282 e. The van der Waals surface area contributed by atoms with Crippen molar-refractivity contribution in [3.8, 4) is 6.07 Å². The lowest BCUT2D eigenvalue weighted by molar-refractivity contribution is -0.385. The van der Waals surface area contributed by atoms with Gasteiger partial charge in [0.2, 0.25) is 0 Å². The first-order valence-electron chi connectivity index (χ1n) is 5.61. The molecule has 0 saturated carbocycles. The van der Waals surface area contributed by atoms with Crippen LogP contribution in [0.25, 0.3) is 0 Å². The Hall–Kier alpha value is -3.28. The minimum Gasteiger partial charge on any atom is -0.304 e. The number of nitro groups is 1. The van der Waals surface area contributed by atoms with Gasteiger partial charge in [0.25, 0.3) is 11.6 Å². The third-order valence-corrected chi connectivity index (χ3v) is 2.58. The molecule has 0 aliphatic carbocycles. The number of anilines is 1. The summed E-state index contributed by atoms with van der Waals surface area (Å²) in [4.78, 5) is 22.1. The predicted octanol–water partition coefficient (Wildman–Crippen LogP) is 1.59. The molecule has 8 nitrogen and oxygen atoms in total. The zero-order chi connectivity index (χ0) is 15.6. The molecule has 0 bridgehead atoms. The van der Waals surface area contributed by atoms with Crippen LogP contribution in [-0.2, 0) is 7.05 Å². The number of rotatable bonds is 3. The molecule has 1 aromatic heterocycles. The Labute approximate surface area is 117 Å². The van der Waals surface area contributed by atoms with Crippen LogP contribution in [0.4, 0.5) is 15.9 Å². The normalized spacial score (nSPS) is 9.95. The van der Waals surface area contributed by atoms with Crippen LogP contribution in [0, 0.1) is 27.3 Å². The summed E-state index contributed by atoms with van der Waals surface area (Å²) >= 11 is 0. The minimum atomic E-state index is -0.920. The Kier molecular flexibility index (Phi) is 3.62. The maximum atomic E-state index is 13.2. The Morgan fingerprint density at radius 1 is 1.57 bits per heavy atom. The highest BCUT2D eigenvalue weighted by Crippen LogP contribution is 2.21. The smallest absolute Gasteiger partial charge is 0.282 e. The molecule has 0 aliphatic heterocycles. The highest BCUT2D eigenvalue weighted by atomic mass is 19.1. The van der Waals surface area contributed by atoms with Gasteiger partial charge in [-0.15, -0.1) is 0 Å².